The van der Waals surface area contributed by atoms with Crippen molar-refractivity contribution >= 4 is 11.6 Å². The first-order valence-electron chi connectivity index (χ1n) is 6.28. The van der Waals surface area contributed by atoms with Crippen LogP contribution >= 0.6 is 11.6 Å². The summed E-state index contributed by atoms with van der Waals surface area (Å²) in [5.74, 6) is -0.250. The molecule has 0 amide bonds. The van der Waals surface area contributed by atoms with Crippen molar-refractivity contribution in [1.29, 1.82) is 0 Å². The van der Waals surface area contributed by atoms with Gasteiger partial charge in [0.25, 0.3) is 0 Å². The SMILES string of the molecule is CN(C)Cc1cc(=O)c(O)cn1Cc1ccccc1Cl. The van der Waals surface area contributed by atoms with Gasteiger partial charge in [-0.05, 0) is 25.7 Å². The molecule has 0 atom stereocenters. The molecule has 0 radical (unpaired) electrons. The number of aromatic nitrogens is 1. The fraction of sp³-hybridized carbons (Fsp3) is 0.267. The van der Waals surface area contributed by atoms with Crippen molar-refractivity contribution in [3.63, 3.8) is 0 Å². The van der Waals surface area contributed by atoms with Crippen LogP contribution in [0.25, 0.3) is 0 Å². The second-order valence-electron chi connectivity index (χ2n) is 4.97. The van der Waals surface area contributed by atoms with E-state index in [0.717, 1.165) is 11.3 Å². The number of benzene rings is 1. The Labute approximate surface area is 122 Å². The van der Waals surface area contributed by atoms with Crippen molar-refractivity contribution in [3.8, 4) is 5.75 Å². The molecule has 0 unspecified atom stereocenters. The Morgan fingerprint density at radius 2 is 2.00 bits per heavy atom. The lowest BCUT2D eigenvalue weighted by molar-refractivity contribution is 0.384. The molecule has 2 aromatic rings. The van der Waals surface area contributed by atoms with E-state index in [2.05, 4.69) is 0 Å². The van der Waals surface area contributed by atoms with Gasteiger partial charge < -0.3 is 14.6 Å². The molecule has 0 aliphatic rings. The van der Waals surface area contributed by atoms with Gasteiger partial charge >= 0.3 is 0 Å². The van der Waals surface area contributed by atoms with Crippen LogP contribution in [0, 0.1) is 0 Å². The highest BCUT2D eigenvalue weighted by Gasteiger charge is 2.09. The van der Waals surface area contributed by atoms with E-state index in [9.17, 15) is 9.90 Å². The molecule has 0 aliphatic heterocycles. The van der Waals surface area contributed by atoms with Gasteiger partial charge in [-0.2, -0.15) is 0 Å². The van der Waals surface area contributed by atoms with Crippen molar-refractivity contribution in [3.05, 3.63) is 63.0 Å². The minimum absolute atomic E-state index is 0.250. The van der Waals surface area contributed by atoms with E-state index in [4.69, 9.17) is 11.6 Å². The normalized spacial score (nSPS) is 11.0. The number of pyridine rings is 1. The molecule has 2 rings (SSSR count). The van der Waals surface area contributed by atoms with Crippen molar-refractivity contribution in [2.24, 2.45) is 0 Å². The van der Waals surface area contributed by atoms with Crippen LogP contribution in [0.1, 0.15) is 11.3 Å². The molecule has 0 aliphatic carbocycles. The monoisotopic (exact) mass is 292 g/mol. The predicted octanol–water partition coefficient (Wildman–Crippen LogP) is 2.32. The summed E-state index contributed by atoms with van der Waals surface area (Å²) in [5.41, 5.74) is 1.41. The minimum atomic E-state index is -0.364. The number of aromatic hydroxyl groups is 1. The molecule has 1 aromatic carbocycles. The van der Waals surface area contributed by atoms with Gasteiger partial charge in [-0.25, -0.2) is 0 Å². The predicted molar refractivity (Wildman–Crippen MR) is 80.3 cm³/mol. The lowest BCUT2D eigenvalue weighted by Crippen LogP contribution is -2.19. The third-order valence-electron chi connectivity index (χ3n) is 2.97. The van der Waals surface area contributed by atoms with Gasteiger partial charge in [-0.1, -0.05) is 29.8 Å². The molecule has 5 heteroatoms. The zero-order valence-electron chi connectivity index (χ0n) is 11.5. The van der Waals surface area contributed by atoms with Crippen LogP contribution in [0.4, 0.5) is 0 Å². The number of hydrogen-bond acceptors (Lipinski definition) is 3. The van der Waals surface area contributed by atoms with E-state index in [1.807, 2.05) is 47.8 Å². The van der Waals surface area contributed by atoms with Gasteiger partial charge in [0.1, 0.15) is 0 Å². The maximum atomic E-state index is 11.6. The largest absolute Gasteiger partial charge is 0.503 e. The minimum Gasteiger partial charge on any atom is -0.503 e. The molecule has 1 N–H and O–H groups in total. The fourth-order valence-electron chi connectivity index (χ4n) is 2.02. The molecule has 4 nitrogen and oxygen atoms in total. The summed E-state index contributed by atoms with van der Waals surface area (Å²) in [6.07, 6.45) is 1.46. The average Bonchev–Trinajstić information content (AvgIpc) is 2.37. The van der Waals surface area contributed by atoms with Gasteiger partial charge in [0.05, 0.1) is 6.20 Å². The van der Waals surface area contributed by atoms with Crippen LogP contribution < -0.4 is 5.43 Å². The molecule has 0 saturated heterocycles. The van der Waals surface area contributed by atoms with Crippen LogP contribution in [0.5, 0.6) is 5.75 Å². The van der Waals surface area contributed by atoms with E-state index in [1.165, 1.54) is 12.3 Å². The molecule has 0 spiro atoms. The van der Waals surface area contributed by atoms with Crippen molar-refractivity contribution in [1.82, 2.24) is 9.47 Å². The van der Waals surface area contributed by atoms with Crippen LogP contribution in [-0.4, -0.2) is 28.7 Å². The summed E-state index contributed by atoms with van der Waals surface area (Å²) in [5, 5.41) is 10.3. The smallest absolute Gasteiger partial charge is 0.223 e. The van der Waals surface area contributed by atoms with E-state index < -0.39 is 0 Å². The summed E-state index contributed by atoms with van der Waals surface area (Å²) in [7, 11) is 3.86. The number of hydrogen-bond donors (Lipinski definition) is 1. The quantitative estimate of drug-likeness (QED) is 0.941. The summed E-state index contributed by atoms with van der Waals surface area (Å²) >= 11 is 6.16. The van der Waals surface area contributed by atoms with Gasteiger partial charge in [0.2, 0.25) is 5.43 Å². The van der Waals surface area contributed by atoms with Crippen LogP contribution in [-0.2, 0) is 13.1 Å². The van der Waals surface area contributed by atoms with E-state index in [-0.39, 0.29) is 11.2 Å². The first-order valence-corrected chi connectivity index (χ1v) is 6.65. The summed E-state index contributed by atoms with van der Waals surface area (Å²) in [4.78, 5) is 13.6. The summed E-state index contributed by atoms with van der Waals surface area (Å²) in [6.45, 7) is 1.12. The van der Waals surface area contributed by atoms with Crippen LogP contribution in [0.2, 0.25) is 5.02 Å². The van der Waals surface area contributed by atoms with Gasteiger partial charge in [-0.15, -0.1) is 0 Å². The van der Waals surface area contributed by atoms with Crippen molar-refractivity contribution in [2.45, 2.75) is 13.1 Å². The molecular weight excluding hydrogens is 276 g/mol. The van der Waals surface area contributed by atoms with Crippen LogP contribution in [0.15, 0.2) is 41.3 Å². The molecular formula is C15H17ClN2O2. The summed E-state index contributed by atoms with van der Waals surface area (Å²) < 4.78 is 1.85. The molecule has 20 heavy (non-hydrogen) atoms. The van der Waals surface area contributed by atoms with Gasteiger partial charge in [-0.3, -0.25) is 4.79 Å². The summed E-state index contributed by atoms with van der Waals surface area (Å²) in [6, 6.07) is 9.00. The molecule has 1 aromatic heterocycles. The molecule has 0 saturated carbocycles. The Morgan fingerprint density at radius 1 is 1.30 bits per heavy atom. The Balaban J connectivity index is 2.42. The number of halogens is 1. The molecule has 106 valence electrons. The first kappa shape index (κ1) is 14.6. The Morgan fingerprint density at radius 3 is 2.65 bits per heavy atom. The molecule has 0 fully saturated rings. The standard InChI is InChI=1S/C15H17ClN2O2/c1-17(2)9-12-7-14(19)15(20)10-18(12)8-11-5-3-4-6-13(11)16/h3-7,10,20H,8-9H2,1-2H3. The van der Waals surface area contributed by atoms with Crippen molar-refractivity contribution in [2.75, 3.05) is 14.1 Å². The maximum Gasteiger partial charge on any atom is 0.223 e. The Bertz CT molecular complexity index is 665. The van der Waals surface area contributed by atoms with E-state index >= 15 is 0 Å². The maximum absolute atomic E-state index is 11.6. The Kier molecular flexibility index (Phi) is 4.47. The molecule has 1 heterocycles. The van der Waals surface area contributed by atoms with Gasteiger partial charge in [0.15, 0.2) is 5.75 Å². The van der Waals surface area contributed by atoms with Gasteiger partial charge in [0, 0.05) is 29.9 Å². The Hall–Kier alpha value is -1.78. The van der Waals surface area contributed by atoms with E-state index in [0.29, 0.717) is 18.1 Å². The average molecular weight is 293 g/mol. The first-order chi connectivity index (χ1) is 9.47. The highest BCUT2D eigenvalue weighted by Crippen LogP contribution is 2.18. The molecule has 0 bridgehead atoms. The lowest BCUT2D eigenvalue weighted by atomic mass is 10.2. The zero-order chi connectivity index (χ0) is 14.7. The highest BCUT2D eigenvalue weighted by molar-refractivity contribution is 6.31. The van der Waals surface area contributed by atoms with Crippen molar-refractivity contribution < 1.29 is 5.11 Å². The lowest BCUT2D eigenvalue weighted by Gasteiger charge is -2.17. The van der Waals surface area contributed by atoms with Crippen LogP contribution in [0.3, 0.4) is 0 Å². The number of nitrogens with zero attached hydrogens (tertiary/aromatic N) is 2. The highest BCUT2D eigenvalue weighted by atomic mass is 35.5. The zero-order valence-corrected chi connectivity index (χ0v) is 12.3. The second kappa shape index (κ2) is 6.11. The third-order valence-corrected chi connectivity index (χ3v) is 3.34. The second-order valence-corrected chi connectivity index (χ2v) is 5.38. The topological polar surface area (TPSA) is 45.5 Å². The number of rotatable bonds is 4. The van der Waals surface area contributed by atoms with E-state index in [1.54, 1.807) is 0 Å². The fourth-order valence-corrected chi connectivity index (χ4v) is 2.22. The third kappa shape index (κ3) is 3.40.